The Morgan fingerprint density at radius 3 is 2.60 bits per heavy atom. The number of hydrogen-bond acceptors (Lipinski definition) is 8. The summed E-state index contributed by atoms with van der Waals surface area (Å²) in [6, 6.07) is 20.6. The average molecular weight is 723 g/mol. The highest BCUT2D eigenvalue weighted by molar-refractivity contribution is 7.91. The summed E-state index contributed by atoms with van der Waals surface area (Å²) in [6.07, 6.45) is 1.50. The maximum atomic E-state index is 14.4. The van der Waals surface area contributed by atoms with Crippen LogP contribution in [0.15, 0.2) is 82.4 Å². The van der Waals surface area contributed by atoms with Crippen molar-refractivity contribution in [1.82, 2.24) is 9.21 Å². The van der Waals surface area contributed by atoms with Crippen molar-refractivity contribution in [2.24, 2.45) is 5.92 Å². The summed E-state index contributed by atoms with van der Waals surface area (Å²) in [5, 5.41) is 19.6. The van der Waals surface area contributed by atoms with Crippen LogP contribution in [-0.2, 0) is 14.8 Å². The van der Waals surface area contributed by atoms with Crippen LogP contribution in [0.2, 0.25) is 0 Å². The zero-order chi connectivity index (χ0) is 35.8. The highest BCUT2D eigenvalue weighted by Gasteiger charge is 2.32. The van der Waals surface area contributed by atoms with Crippen LogP contribution >= 0.6 is 11.3 Å². The summed E-state index contributed by atoms with van der Waals surface area (Å²) in [6.45, 7) is 5.99. The molecule has 50 heavy (non-hydrogen) atoms. The number of amides is 3. The average Bonchev–Trinajstić information content (AvgIpc) is 3.66. The molecule has 2 heterocycles. The van der Waals surface area contributed by atoms with E-state index in [2.05, 4.69) is 10.6 Å². The predicted molar refractivity (Wildman–Crippen MR) is 198 cm³/mol. The molecule has 0 radical (unpaired) electrons. The van der Waals surface area contributed by atoms with Crippen molar-refractivity contribution < 1.29 is 32.6 Å². The normalized spacial score (nSPS) is 20.1. The van der Waals surface area contributed by atoms with Crippen molar-refractivity contribution in [2.75, 3.05) is 44.0 Å². The molecule has 4 aromatic rings. The van der Waals surface area contributed by atoms with Crippen LogP contribution in [-0.4, -0.2) is 86.3 Å². The SMILES string of the molecule is C[C@@H]1CN([C@H](C)CO)C(=O)c2cc(NC(=O)Nc3cccc4ccccc34)ccc2O[C@@H](C)CCCCO[C@H]1CN(C)S(=O)(=O)c1cccs1. The third kappa shape index (κ3) is 9.01. The van der Waals surface area contributed by atoms with Crippen LogP contribution in [0.4, 0.5) is 16.2 Å². The third-order valence-corrected chi connectivity index (χ3v) is 12.1. The smallest absolute Gasteiger partial charge is 0.323 e. The fourth-order valence-electron chi connectivity index (χ4n) is 6.00. The number of nitrogens with one attached hydrogen (secondary N) is 2. The second-order valence-corrected chi connectivity index (χ2v) is 16.1. The van der Waals surface area contributed by atoms with E-state index in [1.165, 1.54) is 11.4 Å². The topological polar surface area (TPSA) is 138 Å². The minimum absolute atomic E-state index is 0.0902. The predicted octanol–water partition coefficient (Wildman–Crippen LogP) is 6.66. The molecule has 0 fully saturated rings. The number of thiophene rings is 1. The number of ether oxygens (including phenoxy) is 2. The molecular formula is C37H46N4O7S2. The van der Waals surface area contributed by atoms with Gasteiger partial charge in [0.15, 0.2) is 0 Å². The zero-order valence-corrected chi connectivity index (χ0v) is 30.5. The van der Waals surface area contributed by atoms with E-state index in [0.717, 1.165) is 35.0 Å². The molecule has 3 aromatic carbocycles. The molecule has 3 amide bonds. The molecule has 4 atom stereocenters. The standard InChI is InChI=1S/C37H46N4O7S2/c1-25-22-41(26(2)24-42)36(43)31-21-29(38-37(44)39-32-15-9-13-28-12-5-6-14-30(28)32)17-18-33(31)48-27(3)11-7-8-19-47-34(25)23-40(4)50(45,46)35-16-10-20-49-35/h5-6,9-10,12-18,20-21,25-27,34,42H,7-8,11,19,22-24H2,1-4H3,(H2,38,39,44)/t25-,26-,27+,34+/m1/s1. The van der Waals surface area contributed by atoms with Gasteiger partial charge in [0.05, 0.1) is 36.1 Å². The number of carbonyl (C=O) groups excluding carboxylic acids is 2. The Balaban J connectivity index is 1.42. The van der Waals surface area contributed by atoms with Gasteiger partial charge in [-0.15, -0.1) is 11.3 Å². The Morgan fingerprint density at radius 1 is 1.06 bits per heavy atom. The number of aliphatic hydroxyl groups is 1. The Kier molecular flexibility index (Phi) is 12.5. The van der Waals surface area contributed by atoms with Gasteiger partial charge < -0.3 is 30.1 Å². The fraction of sp³-hybridized carbons (Fsp3) is 0.405. The van der Waals surface area contributed by atoms with E-state index in [1.807, 2.05) is 56.3 Å². The van der Waals surface area contributed by atoms with Crippen LogP contribution in [0.1, 0.15) is 50.4 Å². The van der Waals surface area contributed by atoms with Crippen LogP contribution in [0.5, 0.6) is 5.75 Å². The largest absolute Gasteiger partial charge is 0.490 e. The monoisotopic (exact) mass is 722 g/mol. The number of hydrogen-bond donors (Lipinski definition) is 3. The number of sulfonamides is 1. The molecule has 13 heteroatoms. The van der Waals surface area contributed by atoms with Crippen LogP contribution in [0, 0.1) is 5.92 Å². The Labute approximate surface area is 298 Å². The summed E-state index contributed by atoms with van der Waals surface area (Å²) in [7, 11) is -2.19. The molecule has 5 rings (SSSR count). The van der Waals surface area contributed by atoms with Crippen LogP contribution in [0.25, 0.3) is 10.8 Å². The molecule has 0 bridgehead atoms. The van der Waals surface area contributed by atoms with Gasteiger partial charge in [0, 0.05) is 43.7 Å². The molecule has 1 aromatic heterocycles. The number of carbonyl (C=O) groups is 2. The molecule has 0 spiro atoms. The molecule has 11 nitrogen and oxygen atoms in total. The quantitative estimate of drug-likeness (QED) is 0.185. The number of aliphatic hydroxyl groups excluding tert-OH is 1. The number of likely N-dealkylation sites (N-methyl/N-ethyl adjacent to an activating group) is 1. The number of nitrogens with zero attached hydrogens (tertiary/aromatic N) is 2. The number of urea groups is 1. The van der Waals surface area contributed by atoms with Gasteiger partial charge in [0.2, 0.25) is 0 Å². The molecule has 0 saturated heterocycles. The lowest BCUT2D eigenvalue weighted by Crippen LogP contribution is -2.48. The van der Waals surface area contributed by atoms with Gasteiger partial charge in [-0.2, -0.15) is 4.31 Å². The second-order valence-electron chi connectivity index (χ2n) is 12.8. The number of fused-ring (bicyclic) bond motifs is 2. The maximum absolute atomic E-state index is 14.4. The zero-order valence-electron chi connectivity index (χ0n) is 28.9. The van der Waals surface area contributed by atoms with Gasteiger partial charge in [0.25, 0.3) is 15.9 Å². The van der Waals surface area contributed by atoms with Gasteiger partial charge in [-0.05, 0) is 74.2 Å². The van der Waals surface area contributed by atoms with Gasteiger partial charge >= 0.3 is 6.03 Å². The van der Waals surface area contributed by atoms with Crippen LogP contribution in [0.3, 0.4) is 0 Å². The first kappa shape index (κ1) is 37.3. The summed E-state index contributed by atoms with van der Waals surface area (Å²) in [5.74, 6) is -0.334. The highest BCUT2D eigenvalue weighted by Crippen LogP contribution is 2.30. The molecular weight excluding hydrogens is 677 g/mol. The van der Waals surface area contributed by atoms with E-state index in [1.54, 1.807) is 47.5 Å². The van der Waals surface area contributed by atoms with E-state index in [4.69, 9.17) is 9.47 Å². The molecule has 0 unspecified atom stereocenters. The van der Waals surface area contributed by atoms with E-state index in [9.17, 15) is 23.1 Å². The van der Waals surface area contributed by atoms with Crippen LogP contribution < -0.4 is 15.4 Å². The Hall–Kier alpha value is -4.01. The third-order valence-electron chi connectivity index (χ3n) is 8.94. The fourth-order valence-corrected chi connectivity index (χ4v) is 8.38. The summed E-state index contributed by atoms with van der Waals surface area (Å²) in [4.78, 5) is 29.2. The Morgan fingerprint density at radius 2 is 1.84 bits per heavy atom. The molecule has 268 valence electrons. The molecule has 3 N–H and O–H groups in total. The van der Waals surface area contributed by atoms with Crippen molar-refractivity contribution in [2.45, 2.75) is 62.5 Å². The molecule has 0 saturated carbocycles. The van der Waals surface area contributed by atoms with Crippen molar-refractivity contribution >= 4 is 55.4 Å². The number of rotatable bonds is 8. The van der Waals surface area contributed by atoms with Gasteiger partial charge in [-0.25, -0.2) is 13.2 Å². The van der Waals surface area contributed by atoms with E-state index in [0.29, 0.717) is 30.2 Å². The first-order chi connectivity index (χ1) is 24.0. The first-order valence-electron chi connectivity index (χ1n) is 16.9. The van der Waals surface area contributed by atoms with Crippen molar-refractivity contribution in [1.29, 1.82) is 0 Å². The molecule has 1 aliphatic rings. The number of benzene rings is 3. The van der Waals surface area contributed by atoms with Gasteiger partial charge in [-0.3, -0.25) is 4.79 Å². The van der Waals surface area contributed by atoms with E-state index in [-0.39, 0.29) is 41.5 Å². The lowest BCUT2D eigenvalue weighted by molar-refractivity contribution is -0.00832. The van der Waals surface area contributed by atoms with Crippen molar-refractivity contribution in [3.05, 3.63) is 83.7 Å². The molecule has 1 aliphatic heterocycles. The summed E-state index contributed by atoms with van der Waals surface area (Å²) < 4.78 is 40.7. The highest BCUT2D eigenvalue weighted by atomic mass is 32.2. The summed E-state index contributed by atoms with van der Waals surface area (Å²) in [5.41, 5.74) is 1.27. The summed E-state index contributed by atoms with van der Waals surface area (Å²) >= 11 is 1.16. The number of anilines is 2. The van der Waals surface area contributed by atoms with E-state index >= 15 is 0 Å². The van der Waals surface area contributed by atoms with Gasteiger partial charge in [0.1, 0.15) is 9.96 Å². The lowest BCUT2D eigenvalue weighted by Gasteiger charge is -2.35. The van der Waals surface area contributed by atoms with E-state index < -0.39 is 34.1 Å². The van der Waals surface area contributed by atoms with Crippen molar-refractivity contribution in [3.63, 3.8) is 0 Å². The minimum atomic E-state index is -3.72. The minimum Gasteiger partial charge on any atom is -0.490 e. The maximum Gasteiger partial charge on any atom is 0.323 e. The molecule has 0 aliphatic carbocycles. The van der Waals surface area contributed by atoms with Crippen molar-refractivity contribution in [3.8, 4) is 5.75 Å². The lowest BCUT2D eigenvalue weighted by atomic mass is 10.0. The Bertz CT molecular complexity index is 1860. The van der Waals surface area contributed by atoms with Gasteiger partial charge in [-0.1, -0.05) is 49.4 Å². The second kappa shape index (κ2) is 16.8. The first-order valence-corrected chi connectivity index (χ1v) is 19.2.